The highest BCUT2D eigenvalue weighted by atomic mass is 19.1. The summed E-state index contributed by atoms with van der Waals surface area (Å²) in [5.41, 5.74) is 0.378. The molecule has 0 spiro atoms. The third-order valence-electron chi connectivity index (χ3n) is 3.20. The van der Waals surface area contributed by atoms with Gasteiger partial charge in [-0.25, -0.2) is 8.78 Å². The van der Waals surface area contributed by atoms with E-state index < -0.39 is 12.0 Å². The molecule has 1 aromatic rings. The molecule has 0 saturated carbocycles. The van der Waals surface area contributed by atoms with Crippen LogP contribution in [0.15, 0.2) is 18.2 Å². The molecule has 0 aliphatic carbocycles. The van der Waals surface area contributed by atoms with Crippen molar-refractivity contribution in [1.82, 2.24) is 5.32 Å². The van der Waals surface area contributed by atoms with Crippen molar-refractivity contribution < 1.29 is 13.5 Å². The molecule has 0 radical (unpaired) electrons. The second kappa shape index (κ2) is 5.45. The van der Waals surface area contributed by atoms with Crippen molar-refractivity contribution in [3.05, 3.63) is 29.6 Å². The van der Waals surface area contributed by atoms with Gasteiger partial charge >= 0.3 is 0 Å². The van der Waals surface area contributed by atoms with Gasteiger partial charge in [-0.1, -0.05) is 12.5 Å². The Morgan fingerprint density at radius 1 is 1.41 bits per heavy atom. The highest BCUT2D eigenvalue weighted by molar-refractivity contribution is 5.31. The number of alkyl halides is 1. The summed E-state index contributed by atoms with van der Waals surface area (Å²) in [4.78, 5) is 0. The summed E-state index contributed by atoms with van der Waals surface area (Å²) in [7, 11) is 1.40. The van der Waals surface area contributed by atoms with Gasteiger partial charge in [-0.3, -0.25) is 0 Å². The third kappa shape index (κ3) is 2.75. The first-order chi connectivity index (χ1) is 8.22. The molecule has 0 bridgehead atoms. The summed E-state index contributed by atoms with van der Waals surface area (Å²) in [6, 6.07) is 4.08. The Morgan fingerprint density at radius 2 is 2.24 bits per heavy atom. The maximum absolute atomic E-state index is 14.2. The average molecular weight is 241 g/mol. The summed E-state index contributed by atoms with van der Waals surface area (Å²) in [6.07, 6.45) is 1.75. The summed E-state index contributed by atoms with van der Waals surface area (Å²) in [5, 5.41) is 3.14. The molecule has 2 atom stereocenters. The van der Waals surface area contributed by atoms with Gasteiger partial charge in [-0.05, 0) is 37.1 Å². The van der Waals surface area contributed by atoms with E-state index in [1.165, 1.54) is 19.2 Å². The van der Waals surface area contributed by atoms with Crippen molar-refractivity contribution in [1.29, 1.82) is 0 Å². The Balaban J connectivity index is 2.12. The van der Waals surface area contributed by atoms with Crippen LogP contribution in [0.25, 0.3) is 0 Å². The molecule has 94 valence electrons. The van der Waals surface area contributed by atoms with E-state index in [1.54, 1.807) is 6.07 Å². The quantitative estimate of drug-likeness (QED) is 0.878. The lowest BCUT2D eigenvalue weighted by atomic mass is 9.96. The van der Waals surface area contributed by atoms with Gasteiger partial charge in [-0.2, -0.15) is 0 Å². The van der Waals surface area contributed by atoms with Gasteiger partial charge in [0.2, 0.25) is 0 Å². The second-order valence-electron chi connectivity index (χ2n) is 4.35. The Labute approximate surface area is 100.0 Å². The Hall–Kier alpha value is -1.16. The molecule has 1 N–H and O–H groups in total. The second-order valence-corrected chi connectivity index (χ2v) is 4.35. The molecule has 1 fully saturated rings. The van der Waals surface area contributed by atoms with Gasteiger partial charge in [0.15, 0.2) is 11.6 Å². The molecular formula is C13H17F2NO. The van der Waals surface area contributed by atoms with Crippen LogP contribution in [0, 0.1) is 5.82 Å². The molecule has 2 nitrogen and oxygen atoms in total. The van der Waals surface area contributed by atoms with Crippen molar-refractivity contribution >= 4 is 0 Å². The Morgan fingerprint density at radius 3 is 2.82 bits per heavy atom. The number of methoxy groups -OCH3 is 1. The SMILES string of the molecule is COc1ccc(C(F)C2CCCCN2)cc1F. The first-order valence-electron chi connectivity index (χ1n) is 5.93. The van der Waals surface area contributed by atoms with Crippen LogP contribution in [-0.2, 0) is 0 Å². The first kappa shape index (κ1) is 12.3. The maximum Gasteiger partial charge on any atom is 0.165 e. The van der Waals surface area contributed by atoms with Gasteiger partial charge < -0.3 is 10.1 Å². The first-order valence-corrected chi connectivity index (χ1v) is 5.93. The average Bonchev–Trinajstić information content (AvgIpc) is 2.39. The zero-order valence-electron chi connectivity index (χ0n) is 9.88. The van der Waals surface area contributed by atoms with E-state index in [1.807, 2.05) is 0 Å². The van der Waals surface area contributed by atoms with Crippen molar-refractivity contribution in [2.45, 2.75) is 31.5 Å². The number of halogens is 2. The summed E-state index contributed by atoms with van der Waals surface area (Å²) in [5.74, 6) is -0.360. The lowest BCUT2D eigenvalue weighted by Crippen LogP contribution is -2.37. The molecule has 1 aromatic carbocycles. The Kier molecular flexibility index (Phi) is 3.94. The molecule has 0 amide bonds. The molecule has 1 saturated heterocycles. The minimum Gasteiger partial charge on any atom is -0.494 e. The third-order valence-corrected chi connectivity index (χ3v) is 3.20. The van der Waals surface area contributed by atoms with Crippen molar-refractivity contribution in [3.63, 3.8) is 0 Å². The van der Waals surface area contributed by atoms with Crippen LogP contribution < -0.4 is 10.1 Å². The number of hydrogen-bond donors (Lipinski definition) is 1. The van der Waals surface area contributed by atoms with E-state index in [4.69, 9.17) is 4.74 Å². The fourth-order valence-corrected chi connectivity index (χ4v) is 2.22. The predicted molar refractivity (Wildman–Crippen MR) is 62.4 cm³/mol. The largest absolute Gasteiger partial charge is 0.494 e. The van der Waals surface area contributed by atoms with Crippen molar-refractivity contribution in [2.24, 2.45) is 0 Å². The van der Waals surface area contributed by atoms with Crippen LogP contribution in [0.2, 0.25) is 0 Å². The summed E-state index contributed by atoms with van der Waals surface area (Å²) in [6.45, 7) is 0.837. The van der Waals surface area contributed by atoms with Crippen LogP contribution in [0.4, 0.5) is 8.78 Å². The van der Waals surface area contributed by atoms with Gasteiger partial charge in [-0.15, -0.1) is 0 Å². The molecule has 2 unspecified atom stereocenters. The molecule has 1 aliphatic rings. The van der Waals surface area contributed by atoms with E-state index in [2.05, 4.69) is 5.32 Å². The molecular weight excluding hydrogens is 224 g/mol. The van der Waals surface area contributed by atoms with Gasteiger partial charge in [0.05, 0.1) is 7.11 Å². The van der Waals surface area contributed by atoms with Crippen LogP contribution >= 0.6 is 0 Å². The highest BCUT2D eigenvalue weighted by Gasteiger charge is 2.25. The highest BCUT2D eigenvalue weighted by Crippen LogP contribution is 2.29. The lowest BCUT2D eigenvalue weighted by molar-refractivity contribution is 0.220. The van der Waals surface area contributed by atoms with E-state index in [0.717, 1.165) is 25.8 Å². The summed E-state index contributed by atoms with van der Waals surface area (Å²) < 4.78 is 32.4. The molecule has 2 rings (SSSR count). The number of rotatable bonds is 3. The van der Waals surface area contributed by atoms with Gasteiger partial charge in [0.1, 0.15) is 6.17 Å². The Bertz CT molecular complexity index is 378. The zero-order chi connectivity index (χ0) is 12.3. The summed E-state index contributed by atoms with van der Waals surface area (Å²) >= 11 is 0. The molecule has 4 heteroatoms. The van der Waals surface area contributed by atoms with Crippen LogP contribution in [-0.4, -0.2) is 19.7 Å². The zero-order valence-corrected chi connectivity index (χ0v) is 9.88. The van der Waals surface area contributed by atoms with Gasteiger partial charge in [0, 0.05) is 6.04 Å². The number of ether oxygens (including phenoxy) is 1. The number of benzene rings is 1. The van der Waals surface area contributed by atoms with E-state index >= 15 is 0 Å². The van der Waals surface area contributed by atoms with Crippen LogP contribution in [0.3, 0.4) is 0 Å². The van der Waals surface area contributed by atoms with E-state index in [0.29, 0.717) is 5.56 Å². The minimum atomic E-state index is -1.16. The monoisotopic (exact) mass is 241 g/mol. The fourth-order valence-electron chi connectivity index (χ4n) is 2.22. The number of nitrogens with one attached hydrogen (secondary N) is 1. The van der Waals surface area contributed by atoms with Crippen LogP contribution in [0.5, 0.6) is 5.75 Å². The fraction of sp³-hybridized carbons (Fsp3) is 0.538. The molecule has 1 aliphatic heterocycles. The molecule has 1 heterocycles. The van der Waals surface area contributed by atoms with Crippen LogP contribution in [0.1, 0.15) is 31.0 Å². The lowest BCUT2D eigenvalue weighted by Gasteiger charge is -2.26. The van der Waals surface area contributed by atoms with Gasteiger partial charge in [0.25, 0.3) is 0 Å². The maximum atomic E-state index is 14.2. The van der Waals surface area contributed by atoms with E-state index in [-0.39, 0.29) is 11.8 Å². The molecule has 0 aromatic heterocycles. The van der Waals surface area contributed by atoms with Crippen molar-refractivity contribution in [2.75, 3.05) is 13.7 Å². The van der Waals surface area contributed by atoms with E-state index in [9.17, 15) is 8.78 Å². The normalized spacial score (nSPS) is 22.2. The number of piperidine rings is 1. The smallest absolute Gasteiger partial charge is 0.165 e. The molecule has 17 heavy (non-hydrogen) atoms. The number of hydrogen-bond acceptors (Lipinski definition) is 2. The topological polar surface area (TPSA) is 21.3 Å². The standard InChI is InChI=1S/C13H17F2NO/c1-17-12-6-5-9(8-10(12)14)13(15)11-4-2-3-7-16-11/h5-6,8,11,13,16H,2-4,7H2,1H3. The predicted octanol–water partition coefficient (Wildman–Crippen LogP) is 2.99. The minimum absolute atomic E-state index is 0.151. The van der Waals surface area contributed by atoms with Crippen molar-refractivity contribution in [3.8, 4) is 5.75 Å².